The lowest BCUT2D eigenvalue weighted by Crippen LogP contribution is -2.42. The van der Waals surface area contributed by atoms with Crippen LogP contribution in [0.5, 0.6) is 0 Å². The number of ether oxygens (including phenoxy) is 1. The zero-order valence-corrected chi connectivity index (χ0v) is 17.2. The maximum atomic E-state index is 12.8. The van der Waals surface area contributed by atoms with Crippen LogP contribution in [0.4, 0.5) is 4.79 Å². The van der Waals surface area contributed by atoms with Crippen molar-refractivity contribution in [3.63, 3.8) is 0 Å². The van der Waals surface area contributed by atoms with Crippen LogP contribution in [-0.4, -0.2) is 41.2 Å². The molecule has 0 bridgehead atoms. The van der Waals surface area contributed by atoms with Gasteiger partial charge in [-0.3, -0.25) is 19.3 Å². The van der Waals surface area contributed by atoms with E-state index in [0.717, 1.165) is 16.9 Å². The Hall–Kier alpha value is -3.48. The van der Waals surface area contributed by atoms with Crippen molar-refractivity contribution in [3.05, 3.63) is 71.3 Å². The van der Waals surface area contributed by atoms with Gasteiger partial charge in [-0.1, -0.05) is 61.5 Å². The lowest BCUT2D eigenvalue weighted by atomic mass is 9.92. The lowest BCUT2D eigenvalue weighted by molar-refractivity contribution is -0.149. The van der Waals surface area contributed by atoms with Gasteiger partial charge in [0.2, 0.25) is 5.78 Å². The molecule has 1 aliphatic heterocycles. The van der Waals surface area contributed by atoms with E-state index in [0.29, 0.717) is 11.1 Å². The van der Waals surface area contributed by atoms with Crippen LogP contribution in [0.3, 0.4) is 0 Å². The van der Waals surface area contributed by atoms with E-state index in [1.165, 1.54) is 6.92 Å². The number of benzene rings is 2. The minimum absolute atomic E-state index is 0.350. The van der Waals surface area contributed by atoms with Gasteiger partial charge in [0, 0.05) is 5.56 Å². The van der Waals surface area contributed by atoms with E-state index in [-0.39, 0.29) is 5.78 Å². The predicted octanol–water partition coefficient (Wildman–Crippen LogP) is 2.83. The summed E-state index contributed by atoms with van der Waals surface area (Å²) in [7, 11) is 0. The van der Waals surface area contributed by atoms with Gasteiger partial charge in [0.1, 0.15) is 12.1 Å². The Bertz CT molecular complexity index is 971. The third-order valence-corrected chi connectivity index (χ3v) is 5.24. The molecule has 0 saturated carbocycles. The average molecular weight is 408 g/mol. The monoisotopic (exact) mass is 408 g/mol. The maximum absolute atomic E-state index is 12.8. The quantitative estimate of drug-likeness (QED) is 0.432. The average Bonchev–Trinajstić information content (AvgIpc) is 2.97. The molecule has 0 spiro atoms. The highest BCUT2D eigenvalue weighted by atomic mass is 16.5. The summed E-state index contributed by atoms with van der Waals surface area (Å²) in [5.74, 6) is -1.73. The van der Waals surface area contributed by atoms with Crippen molar-refractivity contribution in [1.82, 2.24) is 10.2 Å². The van der Waals surface area contributed by atoms with Crippen LogP contribution in [0, 0.1) is 0 Å². The molecule has 2 aromatic carbocycles. The van der Waals surface area contributed by atoms with Crippen LogP contribution in [0.25, 0.3) is 0 Å². The zero-order valence-electron chi connectivity index (χ0n) is 17.2. The van der Waals surface area contributed by atoms with E-state index in [2.05, 4.69) is 5.32 Å². The number of amides is 3. The minimum atomic E-state index is -1.26. The molecule has 7 nitrogen and oxygen atoms in total. The second-order valence-electron chi connectivity index (χ2n) is 7.36. The molecule has 156 valence electrons. The van der Waals surface area contributed by atoms with Gasteiger partial charge < -0.3 is 10.1 Å². The summed E-state index contributed by atoms with van der Waals surface area (Å²) in [4.78, 5) is 50.8. The van der Waals surface area contributed by atoms with Crippen LogP contribution < -0.4 is 5.32 Å². The SMILES string of the molecule is CCc1ccc(C(=O)[C@H](C)OC(=O)CN2C(=O)N[C@@](C)(c3ccccc3)C2=O)cc1. The number of imide groups is 1. The first kappa shape index (κ1) is 21.2. The highest BCUT2D eigenvalue weighted by Crippen LogP contribution is 2.28. The number of ketones is 1. The molecule has 1 heterocycles. The third kappa shape index (κ3) is 4.10. The van der Waals surface area contributed by atoms with E-state index < -0.39 is 36.1 Å². The van der Waals surface area contributed by atoms with Crippen LogP contribution in [-0.2, 0) is 26.3 Å². The summed E-state index contributed by atoms with van der Waals surface area (Å²) in [6, 6.07) is 15.2. The topological polar surface area (TPSA) is 92.8 Å². The number of esters is 1. The molecule has 1 fully saturated rings. The van der Waals surface area contributed by atoms with Gasteiger partial charge in [-0.2, -0.15) is 0 Å². The summed E-state index contributed by atoms with van der Waals surface area (Å²) >= 11 is 0. The summed E-state index contributed by atoms with van der Waals surface area (Å²) in [6.07, 6.45) is -0.182. The Balaban J connectivity index is 1.64. The summed E-state index contributed by atoms with van der Waals surface area (Å²) in [5.41, 5.74) is 0.870. The van der Waals surface area contributed by atoms with Crippen molar-refractivity contribution in [2.75, 3.05) is 6.54 Å². The van der Waals surface area contributed by atoms with Gasteiger partial charge in [-0.05, 0) is 31.4 Å². The fraction of sp³-hybridized carbons (Fsp3) is 0.304. The van der Waals surface area contributed by atoms with Gasteiger partial charge in [-0.25, -0.2) is 4.79 Å². The molecule has 1 saturated heterocycles. The van der Waals surface area contributed by atoms with Crippen molar-refractivity contribution >= 4 is 23.7 Å². The molecule has 0 radical (unpaired) electrons. The molecule has 2 aromatic rings. The molecular weight excluding hydrogens is 384 g/mol. The van der Waals surface area contributed by atoms with Gasteiger partial charge in [0.05, 0.1) is 0 Å². The number of carbonyl (C=O) groups excluding carboxylic acids is 4. The number of hydrogen-bond acceptors (Lipinski definition) is 5. The molecule has 1 N–H and O–H groups in total. The second-order valence-corrected chi connectivity index (χ2v) is 7.36. The molecule has 3 rings (SSSR count). The van der Waals surface area contributed by atoms with Gasteiger partial charge in [-0.15, -0.1) is 0 Å². The van der Waals surface area contributed by atoms with Crippen LogP contribution in [0.2, 0.25) is 0 Å². The normalized spacial score (nSPS) is 19.4. The van der Waals surface area contributed by atoms with Crippen molar-refractivity contribution < 1.29 is 23.9 Å². The number of hydrogen-bond donors (Lipinski definition) is 1. The molecule has 0 unspecified atom stereocenters. The Morgan fingerprint density at radius 1 is 1.07 bits per heavy atom. The number of nitrogens with one attached hydrogen (secondary N) is 1. The molecule has 7 heteroatoms. The highest BCUT2D eigenvalue weighted by Gasteiger charge is 2.49. The van der Waals surface area contributed by atoms with E-state index in [1.54, 1.807) is 49.4 Å². The Morgan fingerprint density at radius 3 is 2.30 bits per heavy atom. The highest BCUT2D eigenvalue weighted by molar-refractivity contribution is 6.09. The number of rotatable bonds is 7. The number of nitrogens with zero attached hydrogens (tertiary/aromatic N) is 1. The van der Waals surface area contributed by atoms with Gasteiger partial charge in [0.25, 0.3) is 5.91 Å². The Morgan fingerprint density at radius 2 is 1.70 bits per heavy atom. The number of carbonyl (C=O) groups is 4. The molecule has 0 aromatic heterocycles. The molecule has 30 heavy (non-hydrogen) atoms. The third-order valence-electron chi connectivity index (χ3n) is 5.24. The molecule has 3 amide bonds. The van der Waals surface area contributed by atoms with E-state index in [1.807, 2.05) is 19.1 Å². The number of aryl methyl sites for hydroxylation is 1. The second kappa shape index (κ2) is 8.49. The first-order valence-electron chi connectivity index (χ1n) is 9.78. The number of urea groups is 1. The van der Waals surface area contributed by atoms with Crippen LogP contribution in [0.15, 0.2) is 54.6 Å². The first-order valence-corrected chi connectivity index (χ1v) is 9.78. The van der Waals surface area contributed by atoms with Gasteiger partial charge >= 0.3 is 12.0 Å². The van der Waals surface area contributed by atoms with Crippen molar-refractivity contribution in [2.45, 2.75) is 38.8 Å². The maximum Gasteiger partial charge on any atom is 0.326 e. The van der Waals surface area contributed by atoms with Crippen molar-refractivity contribution in [3.8, 4) is 0 Å². The lowest BCUT2D eigenvalue weighted by Gasteiger charge is -2.22. The smallest absolute Gasteiger partial charge is 0.326 e. The zero-order chi connectivity index (χ0) is 21.9. The summed E-state index contributed by atoms with van der Waals surface area (Å²) < 4.78 is 5.19. The van der Waals surface area contributed by atoms with E-state index in [4.69, 9.17) is 4.74 Å². The fourth-order valence-corrected chi connectivity index (χ4v) is 3.36. The predicted molar refractivity (Wildman–Crippen MR) is 110 cm³/mol. The standard InChI is InChI=1S/C23H24N2O5/c1-4-16-10-12-17(13-11-16)20(27)15(2)30-19(26)14-25-21(28)23(3,24-22(25)29)18-8-6-5-7-9-18/h5-13,15H,4,14H2,1-3H3,(H,24,29)/t15-,23-/m0/s1. The van der Waals surface area contributed by atoms with E-state index >= 15 is 0 Å². The largest absolute Gasteiger partial charge is 0.453 e. The Labute approximate surface area is 175 Å². The molecule has 1 aliphatic rings. The van der Waals surface area contributed by atoms with Gasteiger partial charge in [0.15, 0.2) is 6.10 Å². The van der Waals surface area contributed by atoms with E-state index in [9.17, 15) is 19.2 Å². The van der Waals surface area contributed by atoms with Crippen molar-refractivity contribution in [1.29, 1.82) is 0 Å². The molecule has 0 aliphatic carbocycles. The Kier molecular flexibility index (Phi) is 6.01. The summed E-state index contributed by atoms with van der Waals surface area (Å²) in [6.45, 7) is 4.49. The first-order chi connectivity index (χ1) is 14.3. The molecular formula is C23H24N2O5. The number of Topliss-reactive ketones (excluding diaryl/α,β-unsaturated/α-hetero) is 1. The molecule has 2 atom stereocenters. The fourth-order valence-electron chi connectivity index (χ4n) is 3.36. The van der Waals surface area contributed by atoms with Crippen LogP contribution >= 0.6 is 0 Å². The van der Waals surface area contributed by atoms with Crippen LogP contribution in [0.1, 0.15) is 42.3 Å². The minimum Gasteiger partial charge on any atom is -0.453 e. The summed E-state index contributed by atoms with van der Waals surface area (Å²) in [5, 5.41) is 2.63. The van der Waals surface area contributed by atoms with Crippen molar-refractivity contribution in [2.24, 2.45) is 0 Å².